The van der Waals surface area contributed by atoms with E-state index >= 15 is 0 Å². The van der Waals surface area contributed by atoms with Crippen LogP contribution in [0.2, 0.25) is 0 Å². The predicted octanol–water partition coefficient (Wildman–Crippen LogP) is 1.07. The Morgan fingerprint density at radius 3 is 2.47 bits per heavy atom. The second-order valence-electron chi connectivity index (χ2n) is 4.47. The number of rotatable bonds is 3. The Bertz CT molecular complexity index is 542. The molecule has 1 aromatic rings. The van der Waals surface area contributed by atoms with E-state index in [4.69, 9.17) is 0 Å². The molecule has 1 saturated heterocycles. The highest BCUT2D eigenvalue weighted by Crippen LogP contribution is 2.18. The van der Waals surface area contributed by atoms with Gasteiger partial charge in [0.25, 0.3) is 0 Å². The first kappa shape index (κ1) is 14.0. The van der Waals surface area contributed by atoms with E-state index in [0.29, 0.717) is 19.5 Å². The average Bonchev–Trinajstić information content (AvgIpc) is 2.62. The van der Waals surface area contributed by atoms with Crippen LogP contribution in [0, 0.1) is 0 Å². The third-order valence-electron chi connectivity index (χ3n) is 3.23. The molecule has 5 nitrogen and oxygen atoms in total. The van der Waals surface area contributed by atoms with Gasteiger partial charge in [0, 0.05) is 18.8 Å². The maximum absolute atomic E-state index is 12.2. The summed E-state index contributed by atoms with van der Waals surface area (Å²) in [5.74, 6) is -0.133. The number of benzene rings is 1. The number of anilines is 1. The number of para-hydroxylation sites is 1. The first-order valence-electron chi connectivity index (χ1n) is 6.38. The Kier molecular flexibility index (Phi) is 4.21. The first-order valence-corrected chi connectivity index (χ1v) is 7.99. The number of hydrogen-bond donors (Lipinski definition) is 0. The molecule has 1 heterocycles. The quantitative estimate of drug-likeness (QED) is 0.833. The SMILES string of the molecule is CCS(=O)(=O)N1CCCN(c2ccccc2)C(=O)C1. The number of carbonyl (C=O) groups excluding carboxylic acids is 1. The van der Waals surface area contributed by atoms with Gasteiger partial charge in [-0.2, -0.15) is 4.31 Å². The summed E-state index contributed by atoms with van der Waals surface area (Å²) < 4.78 is 25.0. The van der Waals surface area contributed by atoms with Crippen molar-refractivity contribution in [3.05, 3.63) is 30.3 Å². The van der Waals surface area contributed by atoms with Gasteiger partial charge in [-0.15, -0.1) is 0 Å². The molecule has 0 aromatic heterocycles. The molecule has 1 aliphatic rings. The van der Waals surface area contributed by atoms with Gasteiger partial charge in [-0.3, -0.25) is 4.79 Å². The third kappa shape index (κ3) is 3.13. The van der Waals surface area contributed by atoms with Crippen LogP contribution in [0.25, 0.3) is 0 Å². The summed E-state index contributed by atoms with van der Waals surface area (Å²) >= 11 is 0. The van der Waals surface area contributed by atoms with Crippen molar-refractivity contribution in [1.29, 1.82) is 0 Å². The first-order chi connectivity index (χ1) is 9.04. The number of sulfonamides is 1. The van der Waals surface area contributed by atoms with Crippen LogP contribution >= 0.6 is 0 Å². The zero-order chi connectivity index (χ0) is 13.9. The summed E-state index contributed by atoms with van der Waals surface area (Å²) in [6.07, 6.45) is 0.653. The van der Waals surface area contributed by atoms with Crippen LogP contribution in [0.1, 0.15) is 13.3 Å². The predicted molar refractivity (Wildman–Crippen MR) is 74.4 cm³/mol. The highest BCUT2D eigenvalue weighted by atomic mass is 32.2. The van der Waals surface area contributed by atoms with E-state index in [1.807, 2.05) is 30.3 Å². The van der Waals surface area contributed by atoms with Gasteiger partial charge in [0.2, 0.25) is 15.9 Å². The minimum Gasteiger partial charge on any atom is -0.311 e. The van der Waals surface area contributed by atoms with Crippen LogP contribution in [0.3, 0.4) is 0 Å². The molecule has 2 rings (SSSR count). The van der Waals surface area contributed by atoms with Gasteiger partial charge < -0.3 is 4.90 Å². The topological polar surface area (TPSA) is 57.7 Å². The molecule has 1 amide bonds. The van der Waals surface area contributed by atoms with Crippen LogP contribution in [0.15, 0.2) is 30.3 Å². The molecule has 0 aliphatic carbocycles. The van der Waals surface area contributed by atoms with Gasteiger partial charge in [0.1, 0.15) is 0 Å². The monoisotopic (exact) mass is 282 g/mol. The van der Waals surface area contributed by atoms with Crippen molar-refractivity contribution in [2.45, 2.75) is 13.3 Å². The lowest BCUT2D eigenvalue weighted by molar-refractivity contribution is -0.118. The third-order valence-corrected chi connectivity index (χ3v) is 5.06. The Morgan fingerprint density at radius 1 is 1.16 bits per heavy atom. The van der Waals surface area contributed by atoms with Gasteiger partial charge in [-0.25, -0.2) is 8.42 Å². The van der Waals surface area contributed by atoms with Gasteiger partial charge >= 0.3 is 0 Å². The zero-order valence-corrected chi connectivity index (χ0v) is 11.8. The molecule has 19 heavy (non-hydrogen) atoms. The summed E-state index contributed by atoms with van der Waals surface area (Å²) in [5, 5.41) is 0. The van der Waals surface area contributed by atoms with E-state index in [9.17, 15) is 13.2 Å². The van der Waals surface area contributed by atoms with Crippen molar-refractivity contribution in [2.24, 2.45) is 0 Å². The van der Waals surface area contributed by atoms with Crippen LogP contribution in [-0.4, -0.2) is 44.0 Å². The molecule has 0 radical (unpaired) electrons. The maximum atomic E-state index is 12.2. The van der Waals surface area contributed by atoms with Crippen molar-refractivity contribution in [2.75, 3.05) is 30.3 Å². The van der Waals surface area contributed by atoms with Crippen molar-refractivity contribution >= 4 is 21.6 Å². The van der Waals surface area contributed by atoms with Crippen molar-refractivity contribution in [1.82, 2.24) is 4.31 Å². The molecule has 0 N–H and O–H groups in total. The summed E-state index contributed by atoms with van der Waals surface area (Å²) in [5.41, 5.74) is 0.822. The summed E-state index contributed by atoms with van der Waals surface area (Å²) in [4.78, 5) is 13.9. The Hall–Kier alpha value is -1.40. The molecule has 104 valence electrons. The molecular weight excluding hydrogens is 264 g/mol. The fourth-order valence-electron chi connectivity index (χ4n) is 2.15. The highest BCUT2D eigenvalue weighted by molar-refractivity contribution is 7.89. The minimum absolute atomic E-state index is 0.0334. The molecule has 0 bridgehead atoms. The molecule has 1 fully saturated rings. The highest BCUT2D eigenvalue weighted by Gasteiger charge is 2.28. The van der Waals surface area contributed by atoms with Crippen molar-refractivity contribution in [3.63, 3.8) is 0 Å². The normalized spacial score (nSPS) is 18.4. The number of carbonyl (C=O) groups is 1. The van der Waals surface area contributed by atoms with E-state index in [2.05, 4.69) is 0 Å². The molecule has 0 spiro atoms. The second-order valence-corrected chi connectivity index (χ2v) is 6.73. The summed E-state index contributed by atoms with van der Waals surface area (Å²) in [7, 11) is -3.30. The summed E-state index contributed by atoms with van der Waals surface area (Å²) in [6.45, 7) is 2.49. The Balaban J connectivity index is 2.19. The Labute approximate surface area is 113 Å². The lowest BCUT2D eigenvalue weighted by Gasteiger charge is -2.21. The fourth-order valence-corrected chi connectivity index (χ4v) is 3.23. The van der Waals surface area contributed by atoms with Crippen LogP contribution in [0.5, 0.6) is 0 Å². The minimum atomic E-state index is -3.30. The van der Waals surface area contributed by atoms with Gasteiger partial charge in [-0.05, 0) is 25.5 Å². The van der Waals surface area contributed by atoms with E-state index < -0.39 is 10.0 Å². The van der Waals surface area contributed by atoms with Crippen molar-refractivity contribution in [3.8, 4) is 0 Å². The maximum Gasteiger partial charge on any atom is 0.242 e. The lowest BCUT2D eigenvalue weighted by Crippen LogP contribution is -2.40. The molecular formula is C13H18N2O3S. The molecule has 0 unspecified atom stereocenters. The number of hydrogen-bond acceptors (Lipinski definition) is 3. The standard InChI is InChI=1S/C13H18N2O3S/c1-2-19(17,18)14-9-6-10-15(13(16)11-14)12-7-4-3-5-8-12/h3-5,7-8H,2,6,9-11H2,1H3. The smallest absolute Gasteiger partial charge is 0.242 e. The fraction of sp³-hybridized carbons (Fsp3) is 0.462. The molecule has 1 aliphatic heterocycles. The molecule has 1 aromatic carbocycles. The lowest BCUT2D eigenvalue weighted by atomic mass is 10.2. The molecule has 0 atom stereocenters. The zero-order valence-electron chi connectivity index (χ0n) is 10.9. The Morgan fingerprint density at radius 2 is 1.84 bits per heavy atom. The van der Waals surface area contributed by atoms with E-state index in [0.717, 1.165) is 5.69 Å². The largest absolute Gasteiger partial charge is 0.311 e. The van der Waals surface area contributed by atoms with Gasteiger partial charge in [0.15, 0.2) is 0 Å². The van der Waals surface area contributed by atoms with Gasteiger partial charge in [-0.1, -0.05) is 18.2 Å². The molecule has 0 saturated carbocycles. The van der Waals surface area contributed by atoms with Crippen LogP contribution in [0.4, 0.5) is 5.69 Å². The van der Waals surface area contributed by atoms with E-state index in [-0.39, 0.29) is 18.2 Å². The number of nitrogens with zero attached hydrogens (tertiary/aromatic N) is 2. The second kappa shape index (κ2) is 5.71. The van der Waals surface area contributed by atoms with Crippen LogP contribution in [-0.2, 0) is 14.8 Å². The molecule has 6 heteroatoms. The average molecular weight is 282 g/mol. The van der Waals surface area contributed by atoms with E-state index in [1.165, 1.54) is 4.31 Å². The van der Waals surface area contributed by atoms with E-state index in [1.54, 1.807) is 11.8 Å². The van der Waals surface area contributed by atoms with Crippen LogP contribution < -0.4 is 4.90 Å². The number of amides is 1. The summed E-state index contributed by atoms with van der Waals surface area (Å²) in [6, 6.07) is 9.35. The van der Waals surface area contributed by atoms with Crippen molar-refractivity contribution < 1.29 is 13.2 Å². The van der Waals surface area contributed by atoms with Gasteiger partial charge in [0.05, 0.1) is 12.3 Å².